The molecule has 8 nitrogen and oxygen atoms in total. The number of amides is 2. The molecule has 0 saturated carbocycles. The number of unbranched alkanes of at least 4 members (excludes halogenated alkanes) is 4. The Labute approximate surface area is 231 Å². The van der Waals surface area contributed by atoms with Gasteiger partial charge in [0.05, 0.1) is 24.5 Å². The molecule has 0 aromatic heterocycles. The van der Waals surface area contributed by atoms with Crippen LogP contribution in [0.3, 0.4) is 0 Å². The normalized spacial score (nSPS) is 26.9. The minimum absolute atomic E-state index is 0.0819. The van der Waals surface area contributed by atoms with E-state index in [1.165, 1.54) is 0 Å². The van der Waals surface area contributed by atoms with Crippen LogP contribution in [0.5, 0.6) is 0 Å². The lowest BCUT2D eigenvalue weighted by Gasteiger charge is -2.37. The highest BCUT2D eigenvalue weighted by Gasteiger charge is 2.75. The van der Waals surface area contributed by atoms with Gasteiger partial charge in [-0.2, -0.15) is 0 Å². The summed E-state index contributed by atoms with van der Waals surface area (Å²) in [6.45, 7) is 9.03. The van der Waals surface area contributed by atoms with Crippen LogP contribution in [-0.2, 0) is 30.4 Å². The Morgan fingerprint density at radius 2 is 1.92 bits per heavy atom. The molecule has 1 spiro atoms. The summed E-state index contributed by atoms with van der Waals surface area (Å²) >= 11 is 0. The fourth-order valence-electron chi connectivity index (χ4n) is 6.54. The molecule has 3 fully saturated rings. The Bertz CT molecular complexity index is 1030. The molecule has 1 N–H and O–H groups in total. The monoisotopic (exact) mass is 538 g/mol. The van der Waals surface area contributed by atoms with Crippen molar-refractivity contribution in [2.24, 2.45) is 11.8 Å². The first-order valence-corrected chi connectivity index (χ1v) is 14.3. The zero-order valence-corrected chi connectivity index (χ0v) is 22.8. The second kappa shape index (κ2) is 13.4. The fourth-order valence-corrected chi connectivity index (χ4v) is 6.54. The number of esters is 1. The standard InChI is InChI=1S/C31H42N2O6/c1-3-5-6-13-21-38-30(37)25-24-16-17-31(39-24)26(25)28(35)33(19-11-8-12-20-34)27(31)29(36)32(18-4-2)22-23-14-9-7-10-15-23/h3-4,7,9-10,14-15,24-27,34H,1-2,5-6,8,11-13,16-22H2/t24-,25+,26-,27?,31?/m0/s1. The Balaban J connectivity index is 1.59. The molecule has 5 atom stereocenters. The van der Waals surface area contributed by atoms with Crippen molar-refractivity contribution >= 4 is 17.8 Å². The lowest BCUT2D eigenvalue weighted by atomic mass is 9.70. The molecular weight excluding hydrogens is 496 g/mol. The summed E-state index contributed by atoms with van der Waals surface area (Å²) in [5.74, 6) is -2.22. The maximum atomic E-state index is 14.3. The van der Waals surface area contributed by atoms with Gasteiger partial charge in [-0.15, -0.1) is 13.2 Å². The van der Waals surface area contributed by atoms with E-state index in [9.17, 15) is 19.5 Å². The van der Waals surface area contributed by atoms with Crippen LogP contribution in [0.2, 0.25) is 0 Å². The molecule has 0 aliphatic carbocycles. The van der Waals surface area contributed by atoms with Crippen molar-refractivity contribution in [1.29, 1.82) is 0 Å². The highest BCUT2D eigenvalue weighted by atomic mass is 16.6. The van der Waals surface area contributed by atoms with E-state index in [4.69, 9.17) is 9.47 Å². The molecule has 2 bridgehead atoms. The Morgan fingerprint density at radius 1 is 1.13 bits per heavy atom. The zero-order valence-electron chi connectivity index (χ0n) is 22.8. The smallest absolute Gasteiger partial charge is 0.312 e. The molecule has 4 rings (SSSR count). The van der Waals surface area contributed by atoms with Crippen LogP contribution in [-0.4, -0.2) is 76.7 Å². The van der Waals surface area contributed by atoms with E-state index in [0.29, 0.717) is 51.9 Å². The van der Waals surface area contributed by atoms with Gasteiger partial charge in [0.15, 0.2) is 0 Å². The summed E-state index contributed by atoms with van der Waals surface area (Å²) in [6, 6.07) is 8.92. The van der Waals surface area contributed by atoms with Gasteiger partial charge in [-0.1, -0.05) is 42.5 Å². The van der Waals surface area contributed by atoms with Crippen LogP contribution in [0.25, 0.3) is 0 Å². The molecular formula is C31H42N2O6. The van der Waals surface area contributed by atoms with E-state index >= 15 is 0 Å². The van der Waals surface area contributed by atoms with E-state index in [1.807, 2.05) is 36.4 Å². The highest BCUT2D eigenvalue weighted by Crippen LogP contribution is 2.58. The zero-order chi connectivity index (χ0) is 27.8. The maximum absolute atomic E-state index is 14.3. The maximum Gasteiger partial charge on any atom is 0.312 e. The number of carbonyl (C=O) groups excluding carboxylic acids is 3. The predicted octanol–water partition coefficient (Wildman–Crippen LogP) is 3.64. The second-order valence-electron chi connectivity index (χ2n) is 10.8. The van der Waals surface area contributed by atoms with Crippen molar-refractivity contribution in [3.8, 4) is 0 Å². The number of hydrogen-bond donors (Lipinski definition) is 1. The molecule has 8 heteroatoms. The average molecular weight is 539 g/mol. The molecule has 1 aromatic carbocycles. The van der Waals surface area contributed by atoms with Gasteiger partial charge >= 0.3 is 5.97 Å². The van der Waals surface area contributed by atoms with Gasteiger partial charge in [-0.05, 0) is 56.9 Å². The van der Waals surface area contributed by atoms with Gasteiger partial charge in [0.2, 0.25) is 11.8 Å². The van der Waals surface area contributed by atoms with E-state index < -0.39 is 35.6 Å². The summed E-state index contributed by atoms with van der Waals surface area (Å²) in [4.78, 5) is 45.0. The van der Waals surface area contributed by atoms with Gasteiger partial charge in [-0.25, -0.2) is 0 Å². The van der Waals surface area contributed by atoms with Crippen molar-refractivity contribution in [2.45, 2.75) is 75.7 Å². The van der Waals surface area contributed by atoms with Crippen LogP contribution in [0, 0.1) is 11.8 Å². The third-order valence-electron chi connectivity index (χ3n) is 8.29. The van der Waals surface area contributed by atoms with Gasteiger partial charge in [0.1, 0.15) is 11.6 Å². The van der Waals surface area contributed by atoms with Crippen LogP contribution < -0.4 is 0 Å². The van der Waals surface area contributed by atoms with Crippen LogP contribution in [0.1, 0.15) is 56.9 Å². The molecule has 2 unspecified atom stereocenters. The topological polar surface area (TPSA) is 96.4 Å². The van der Waals surface area contributed by atoms with Gasteiger partial charge in [0.25, 0.3) is 0 Å². The SMILES string of the molecule is C=CCCCCOC(=O)[C@@H]1[C@@H]2CCC3(O2)C(C(=O)N(CC=C)Cc2ccccc2)N(CCCCCO)C(=O)[C@H]13. The molecule has 3 saturated heterocycles. The third-order valence-corrected chi connectivity index (χ3v) is 8.29. The minimum Gasteiger partial charge on any atom is -0.465 e. The first-order valence-electron chi connectivity index (χ1n) is 14.3. The minimum atomic E-state index is -1.04. The van der Waals surface area contributed by atoms with Crippen molar-refractivity contribution in [1.82, 2.24) is 9.80 Å². The summed E-state index contributed by atoms with van der Waals surface area (Å²) in [5.41, 5.74) is -0.0616. The number of aliphatic hydroxyl groups is 1. The van der Waals surface area contributed by atoms with E-state index in [-0.39, 0.29) is 18.4 Å². The molecule has 3 aliphatic heterocycles. The second-order valence-corrected chi connectivity index (χ2v) is 10.8. The Kier molecular flexibility index (Phi) is 9.97. The lowest BCUT2D eigenvalue weighted by Crippen LogP contribution is -2.56. The summed E-state index contributed by atoms with van der Waals surface area (Å²) in [5, 5.41) is 9.23. The van der Waals surface area contributed by atoms with Crippen LogP contribution in [0.4, 0.5) is 0 Å². The van der Waals surface area contributed by atoms with Gasteiger partial charge < -0.3 is 24.4 Å². The first kappa shape index (κ1) is 29.0. The number of fused-ring (bicyclic) bond motifs is 1. The Morgan fingerprint density at radius 3 is 2.64 bits per heavy atom. The summed E-state index contributed by atoms with van der Waals surface area (Å²) in [7, 11) is 0. The van der Waals surface area contributed by atoms with Gasteiger partial charge in [0, 0.05) is 26.2 Å². The van der Waals surface area contributed by atoms with Crippen LogP contribution in [0.15, 0.2) is 55.6 Å². The van der Waals surface area contributed by atoms with E-state index in [2.05, 4.69) is 13.2 Å². The number of likely N-dealkylation sites (tertiary alicyclic amines) is 1. The van der Waals surface area contributed by atoms with Crippen molar-refractivity contribution in [3.63, 3.8) is 0 Å². The largest absolute Gasteiger partial charge is 0.465 e. The molecule has 212 valence electrons. The van der Waals surface area contributed by atoms with Crippen LogP contribution >= 0.6 is 0 Å². The third kappa shape index (κ3) is 5.97. The highest BCUT2D eigenvalue weighted by molar-refractivity contribution is 5.98. The van der Waals surface area contributed by atoms with Gasteiger partial charge in [-0.3, -0.25) is 14.4 Å². The number of hydrogen-bond acceptors (Lipinski definition) is 6. The molecule has 39 heavy (non-hydrogen) atoms. The number of nitrogens with zero attached hydrogens (tertiary/aromatic N) is 2. The van der Waals surface area contributed by atoms with Crippen molar-refractivity contribution in [3.05, 3.63) is 61.2 Å². The van der Waals surface area contributed by atoms with E-state index in [0.717, 1.165) is 31.2 Å². The lowest BCUT2D eigenvalue weighted by molar-refractivity contribution is -0.155. The number of rotatable bonds is 16. The summed E-state index contributed by atoms with van der Waals surface area (Å²) in [6.07, 6.45) is 8.76. The number of aliphatic hydroxyl groups excluding tert-OH is 1. The first-order chi connectivity index (χ1) is 19.0. The Hall–Kier alpha value is -2.97. The van der Waals surface area contributed by atoms with E-state index in [1.54, 1.807) is 15.9 Å². The molecule has 1 aromatic rings. The summed E-state index contributed by atoms with van der Waals surface area (Å²) < 4.78 is 12.1. The van der Waals surface area contributed by atoms with Crippen molar-refractivity contribution < 1.29 is 29.0 Å². The number of carbonyl (C=O) groups is 3. The number of allylic oxidation sites excluding steroid dienone is 1. The molecule has 3 aliphatic rings. The van der Waals surface area contributed by atoms with Crippen molar-refractivity contribution in [2.75, 3.05) is 26.3 Å². The number of benzene rings is 1. The molecule has 2 amide bonds. The predicted molar refractivity (Wildman–Crippen MR) is 147 cm³/mol. The number of ether oxygens (including phenoxy) is 2. The average Bonchev–Trinajstić information content (AvgIpc) is 3.58. The molecule has 3 heterocycles. The fraction of sp³-hybridized carbons (Fsp3) is 0.581. The molecule has 0 radical (unpaired) electrons. The quantitative estimate of drug-likeness (QED) is 0.196.